The van der Waals surface area contributed by atoms with Gasteiger partial charge in [-0.05, 0) is 49.9 Å². The van der Waals surface area contributed by atoms with Crippen molar-refractivity contribution in [3.63, 3.8) is 0 Å². The van der Waals surface area contributed by atoms with Gasteiger partial charge in [-0.1, -0.05) is 19.9 Å². The Morgan fingerprint density at radius 2 is 1.81 bits per heavy atom. The van der Waals surface area contributed by atoms with Crippen molar-refractivity contribution in [2.24, 2.45) is 5.92 Å². The molecule has 0 heterocycles. The molecule has 1 aromatic rings. The van der Waals surface area contributed by atoms with Gasteiger partial charge in [0.2, 0.25) is 0 Å². The molecule has 0 spiro atoms. The van der Waals surface area contributed by atoms with E-state index >= 15 is 0 Å². The molecule has 120 valence electrons. The number of hydrogen-bond donors (Lipinski definition) is 2. The molecule has 0 aliphatic carbocycles. The molecule has 0 bridgehead atoms. The second kappa shape index (κ2) is 8.35. The lowest BCUT2D eigenvalue weighted by Gasteiger charge is -2.31. The van der Waals surface area contributed by atoms with Crippen LogP contribution in [0.25, 0.3) is 0 Å². The van der Waals surface area contributed by atoms with E-state index < -0.39 is 12.0 Å². The standard InChI is InChI=1S/C16H24FNO2.ClH/c1-9(2)15(11(4)18-12(5)16(19)20)14-7-6-13(17)8-10(14)3;/h6-9,11-12,15,18H,1-5H3,(H,19,20);1H/t11?,12-,15?;/m0./s1. The first-order valence-corrected chi connectivity index (χ1v) is 6.99. The maximum absolute atomic E-state index is 13.2. The number of aliphatic carboxylic acids is 1. The Balaban J connectivity index is 0.00000400. The summed E-state index contributed by atoms with van der Waals surface area (Å²) in [5, 5.41) is 12.1. The summed E-state index contributed by atoms with van der Waals surface area (Å²) in [5.74, 6) is -0.650. The highest BCUT2D eigenvalue weighted by Crippen LogP contribution is 2.31. The molecule has 5 heteroatoms. The monoisotopic (exact) mass is 317 g/mol. The molecule has 1 rings (SSSR count). The van der Waals surface area contributed by atoms with Gasteiger partial charge in [-0.15, -0.1) is 12.4 Å². The Bertz CT molecular complexity index is 479. The molecule has 0 aliphatic heterocycles. The lowest BCUT2D eigenvalue weighted by atomic mass is 9.81. The number of halogens is 2. The van der Waals surface area contributed by atoms with Crippen LogP contribution in [-0.4, -0.2) is 23.2 Å². The molecule has 1 aromatic carbocycles. The number of benzene rings is 1. The third-order valence-corrected chi connectivity index (χ3v) is 3.73. The topological polar surface area (TPSA) is 49.3 Å². The van der Waals surface area contributed by atoms with Crippen LogP contribution < -0.4 is 5.32 Å². The summed E-state index contributed by atoms with van der Waals surface area (Å²) in [7, 11) is 0. The largest absolute Gasteiger partial charge is 0.480 e. The van der Waals surface area contributed by atoms with Crippen molar-refractivity contribution >= 4 is 18.4 Å². The Morgan fingerprint density at radius 3 is 2.24 bits per heavy atom. The Labute approximate surface area is 132 Å². The molecular weight excluding hydrogens is 293 g/mol. The Morgan fingerprint density at radius 1 is 1.24 bits per heavy atom. The summed E-state index contributed by atoms with van der Waals surface area (Å²) in [6.07, 6.45) is 0. The average molecular weight is 318 g/mol. The zero-order chi connectivity index (χ0) is 15.4. The molecule has 0 aliphatic rings. The predicted octanol–water partition coefficient (Wildman–Crippen LogP) is 3.75. The number of carboxylic acid groups (broad SMARTS) is 1. The number of carboxylic acids is 1. The minimum absolute atomic E-state index is 0. The van der Waals surface area contributed by atoms with Gasteiger partial charge in [-0.2, -0.15) is 0 Å². The van der Waals surface area contributed by atoms with Crippen molar-refractivity contribution in [1.82, 2.24) is 5.32 Å². The fourth-order valence-corrected chi connectivity index (χ4v) is 2.79. The van der Waals surface area contributed by atoms with Gasteiger partial charge in [0, 0.05) is 12.0 Å². The van der Waals surface area contributed by atoms with Crippen LogP contribution in [0.5, 0.6) is 0 Å². The maximum atomic E-state index is 13.2. The molecule has 0 aromatic heterocycles. The highest BCUT2D eigenvalue weighted by atomic mass is 35.5. The maximum Gasteiger partial charge on any atom is 0.320 e. The van der Waals surface area contributed by atoms with E-state index in [9.17, 15) is 9.18 Å². The van der Waals surface area contributed by atoms with Crippen molar-refractivity contribution in [3.05, 3.63) is 35.1 Å². The SMILES string of the molecule is Cc1cc(F)ccc1C(C(C)C)C(C)N[C@@H](C)C(=O)O.Cl. The minimum atomic E-state index is -0.866. The van der Waals surface area contributed by atoms with Gasteiger partial charge in [0.25, 0.3) is 0 Å². The molecule has 21 heavy (non-hydrogen) atoms. The average Bonchev–Trinajstić information content (AvgIpc) is 2.31. The molecule has 0 fully saturated rings. The van der Waals surface area contributed by atoms with Crippen molar-refractivity contribution in [2.45, 2.75) is 52.6 Å². The zero-order valence-corrected chi connectivity index (χ0v) is 14.0. The summed E-state index contributed by atoms with van der Waals surface area (Å²) >= 11 is 0. The van der Waals surface area contributed by atoms with E-state index in [0.29, 0.717) is 5.92 Å². The fraction of sp³-hybridized carbons (Fsp3) is 0.562. The summed E-state index contributed by atoms with van der Waals surface area (Å²) in [5.41, 5.74) is 1.97. The number of hydrogen-bond acceptors (Lipinski definition) is 2. The number of carbonyl (C=O) groups is 1. The quantitative estimate of drug-likeness (QED) is 0.840. The smallest absolute Gasteiger partial charge is 0.320 e. The van der Waals surface area contributed by atoms with Crippen LogP contribution in [0.15, 0.2) is 18.2 Å². The Hall–Kier alpha value is -1.13. The molecule has 3 nitrogen and oxygen atoms in total. The van der Waals surface area contributed by atoms with Gasteiger partial charge in [0.15, 0.2) is 0 Å². The molecular formula is C16H25ClFNO2. The molecule has 2 N–H and O–H groups in total. The Kier molecular flexibility index (Phi) is 7.90. The molecule has 2 unspecified atom stereocenters. The van der Waals surface area contributed by atoms with E-state index in [1.54, 1.807) is 13.0 Å². The van der Waals surface area contributed by atoms with E-state index in [4.69, 9.17) is 5.11 Å². The van der Waals surface area contributed by atoms with Crippen molar-refractivity contribution in [2.75, 3.05) is 0 Å². The number of rotatable bonds is 6. The summed E-state index contributed by atoms with van der Waals surface area (Å²) in [6, 6.07) is 4.18. The van der Waals surface area contributed by atoms with E-state index in [0.717, 1.165) is 11.1 Å². The van der Waals surface area contributed by atoms with Gasteiger partial charge in [0.1, 0.15) is 11.9 Å². The lowest BCUT2D eigenvalue weighted by Crippen LogP contribution is -2.44. The van der Waals surface area contributed by atoms with Gasteiger partial charge < -0.3 is 10.4 Å². The number of aryl methyl sites for hydroxylation is 1. The minimum Gasteiger partial charge on any atom is -0.480 e. The second-order valence-corrected chi connectivity index (χ2v) is 5.79. The second-order valence-electron chi connectivity index (χ2n) is 5.79. The number of nitrogens with one attached hydrogen (secondary N) is 1. The van der Waals surface area contributed by atoms with Crippen LogP contribution >= 0.6 is 12.4 Å². The molecule has 0 amide bonds. The van der Waals surface area contributed by atoms with Crippen LogP contribution in [0.4, 0.5) is 4.39 Å². The summed E-state index contributed by atoms with van der Waals surface area (Å²) < 4.78 is 13.2. The van der Waals surface area contributed by atoms with Gasteiger partial charge in [-0.25, -0.2) is 4.39 Å². The van der Waals surface area contributed by atoms with Gasteiger partial charge in [0.05, 0.1) is 0 Å². The summed E-state index contributed by atoms with van der Waals surface area (Å²) in [6.45, 7) is 9.69. The van der Waals surface area contributed by atoms with Crippen molar-refractivity contribution < 1.29 is 14.3 Å². The summed E-state index contributed by atoms with van der Waals surface area (Å²) in [4.78, 5) is 11.0. The molecule has 0 radical (unpaired) electrons. The van der Waals surface area contributed by atoms with E-state index in [2.05, 4.69) is 19.2 Å². The normalized spacial score (nSPS) is 15.2. The highest BCUT2D eigenvalue weighted by molar-refractivity contribution is 5.85. The first kappa shape index (κ1) is 19.9. The molecule has 0 saturated carbocycles. The molecule has 0 saturated heterocycles. The van der Waals surface area contributed by atoms with Gasteiger partial charge in [-0.3, -0.25) is 4.79 Å². The van der Waals surface area contributed by atoms with Crippen molar-refractivity contribution in [1.29, 1.82) is 0 Å². The lowest BCUT2D eigenvalue weighted by molar-refractivity contribution is -0.139. The van der Waals surface area contributed by atoms with Crippen LogP contribution in [0, 0.1) is 18.7 Å². The van der Waals surface area contributed by atoms with Gasteiger partial charge >= 0.3 is 5.97 Å². The first-order chi connectivity index (χ1) is 9.23. The van der Waals surface area contributed by atoms with Crippen LogP contribution in [-0.2, 0) is 4.79 Å². The molecule has 3 atom stereocenters. The van der Waals surface area contributed by atoms with Crippen molar-refractivity contribution in [3.8, 4) is 0 Å². The van der Waals surface area contributed by atoms with E-state index in [1.807, 2.05) is 13.8 Å². The highest BCUT2D eigenvalue weighted by Gasteiger charge is 2.26. The fourth-order valence-electron chi connectivity index (χ4n) is 2.79. The zero-order valence-electron chi connectivity index (χ0n) is 13.2. The third kappa shape index (κ3) is 5.29. The van der Waals surface area contributed by atoms with E-state index in [-0.39, 0.29) is 30.2 Å². The third-order valence-electron chi connectivity index (χ3n) is 3.73. The van der Waals surface area contributed by atoms with Crippen LogP contribution in [0.3, 0.4) is 0 Å². The van der Waals surface area contributed by atoms with Crippen LogP contribution in [0.2, 0.25) is 0 Å². The first-order valence-electron chi connectivity index (χ1n) is 6.99. The van der Waals surface area contributed by atoms with E-state index in [1.165, 1.54) is 12.1 Å². The van der Waals surface area contributed by atoms with Crippen LogP contribution in [0.1, 0.15) is 44.7 Å². The predicted molar refractivity (Wildman–Crippen MR) is 85.7 cm³/mol.